The number of methoxy groups -OCH3 is 1. The van der Waals surface area contributed by atoms with Crippen molar-refractivity contribution in [3.8, 4) is 33.5 Å². The van der Waals surface area contributed by atoms with E-state index in [9.17, 15) is 5.26 Å². The van der Waals surface area contributed by atoms with E-state index in [1.165, 1.54) is 0 Å². The maximum absolute atomic E-state index is 9.47. The molecule has 0 aliphatic heterocycles. The Morgan fingerprint density at radius 2 is 1.96 bits per heavy atom. The Labute approximate surface area is 138 Å². The van der Waals surface area contributed by atoms with Crippen molar-refractivity contribution in [3.05, 3.63) is 52.9 Å². The van der Waals surface area contributed by atoms with Crippen LogP contribution in [-0.4, -0.2) is 12.1 Å². The minimum absolute atomic E-state index is 0.257. The Morgan fingerprint density at radius 3 is 2.52 bits per heavy atom. The first kappa shape index (κ1) is 15.1. The van der Waals surface area contributed by atoms with Gasteiger partial charge in [0.25, 0.3) is 0 Å². The number of benzene rings is 1. The molecule has 3 aromatic rings. The van der Waals surface area contributed by atoms with Gasteiger partial charge in [-0.1, -0.05) is 6.07 Å². The van der Waals surface area contributed by atoms with E-state index in [0.717, 1.165) is 33.0 Å². The highest BCUT2D eigenvalue weighted by Gasteiger charge is 2.18. The number of anilines is 1. The molecular formula is C18H15N3OS. The van der Waals surface area contributed by atoms with Gasteiger partial charge in [-0.3, -0.25) is 0 Å². The van der Waals surface area contributed by atoms with Gasteiger partial charge in [0, 0.05) is 16.0 Å². The largest absolute Gasteiger partial charge is 0.497 e. The Bertz CT molecular complexity index is 878. The van der Waals surface area contributed by atoms with Crippen LogP contribution >= 0.6 is 11.3 Å². The summed E-state index contributed by atoms with van der Waals surface area (Å²) in [4.78, 5) is 5.48. The van der Waals surface area contributed by atoms with Gasteiger partial charge >= 0.3 is 0 Å². The quantitative estimate of drug-likeness (QED) is 0.783. The molecule has 1 aromatic carbocycles. The predicted molar refractivity (Wildman–Crippen MR) is 93.4 cm³/mol. The van der Waals surface area contributed by atoms with Crippen molar-refractivity contribution in [3.63, 3.8) is 0 Å². The minimum Gasteiger partial charge on any atom is -0.497 e. The highest BCUT2D eigenvalue weighted by atomic mass is 32.1. The summed E-state index contributed by atoms with van der Waals surface area (Å²) in [5.41, 5.74) is 10.0. The van der Waals surface area contributed by atoms with Gasteiger partial charge in [-0.05, 0) is 48.2 Å². The van der Waals surface area contributed by atoms with Crippen LogP contribution in [0.25, 0.3) is 21.7 Å². The van der Waals surface area contributed by atoms with Crippen LogP contribution in [0.5, 0.6) is 5.75 Å². The fourth-order valence-corrected chi connectivity index (χ4v) is 3.40. The van der Waals surface area contributed by atoms with E-state index >= 15 is 0 Å². The van der Waals surface area contributed by atoms with Crippen molar-refractivity contribution in [1.29, 1.82) is 5.26 Å². The highest BCUT2D eigenvalue weighted by Crippen LogP contribution is 2.37. The van der Waals surface area contributed by atoms with Crippen molar-refractivity contribution in [2.45, 2.75) is 6.92 Å². The molecule has 4 nitrogen and oxygen atoms in total. The van der Waals surface area contributed by atoms with Crippen LogP contribution in [0.3, 0.4) is 0 Å². The minimum atomic E-state index is 0.257. The number of nitrogens with two attached hydrogens (primary N) is 1. The van der Waals surface area contributed by atoms with Gasteiger partial charge in [-0.15, -0.1) is 11.3 Å². The molecule has 0 saturated heterocycles. The van der Waals surface area contributed by atoms with Gasteiger partial charge in [0.2, 0.25) is 0 Å². The molecule has 0 spiro atoms. The normalized spacial score (nSPS) is 10.3. The molecule has 0 aliphatic rings. The number of hydrogen-bond acceptors (Lipinski definition) is 5. The first-order valence-corrected chi connectivity index (χ1v) is 7.92. The summed E-state index contributed by atoms with van der Waals surface area (Å²) in [6.07, 6.45) is 0. The first-order chi connectivity index (χ1) is 11.2. The SMILES string of the molecule is COc1ccc(-c2nc(N)c(C#N)c(-c3cccs3)c2C)cc1. The molecular weight excluding hydrogens is 306 g/mol. The number of thiophene rings is 1. The Morgan fingerprint density at radius 1 is 1.22 bits per heavy atom. The van der Waals surface area contributed by atoms with Crippen LogP contribution < -0.4 is 10.5 Å². The molecule has 0 saturated carbocycles. The van der Waals surface area contributed by atoms with Crippen LogP contribution in [0.4, 0.5) is 5.82 Å². The second-order valence-electron chi connectivity index (χ2n) is 5.04. The summed E-state index contributed by atoms with van der Waals surface area (Å²) in [5.74, 6) is 1.04. The van der Waals surface area contributed by atoms with Gasteiger partial charge in [-0.25, -0.2) is 4.98 Å². The van der Waals surface area contributed by atoms with E-state index in [2.05, 4.69) is 11.1 Å². The molecule has 114 valence electrons. The zero-order chi connectivity index (χ0) is 16.4. The molecule has 0 amide bonds. The topological polar surface area (TPSA) is 71.9 Å². The molecule has 0 atom stereocenters. The van der Waals surface area contributed by atoms with Crippen molar-refractivity contribution in [1.82, 2.24) is 4.98 Å². The molecule has 2 aromatic heterocycles. The number of aromatic nitrogens is 1. The molecule has 0 fully saturated rings. The molecule has 5 heteroatoms. The van der Waals surface area contributed by atoms with Gasteiger partial charge < -0.3 is 10.5 Å². The molecule has 0 radical (unpaired) electrons. The zero-order valence-electron chi connectivity index (χ0n) is 12.8. The van der Waals surface area contributed by atoms with E-state index in [1.807, 2.05) is 48.7 Å². The van der Waals surface area contributed by atoms with Gasteiger partial charge in [0.05, 0.1) is 12.8 Å². The van der Waals surface area contributed by atoms with Crippen LogP contribution in [0.2, 0.25) is 0 Å². The van der Waals surface area contributed by atoms with Crippen molar-refractivity contribution < 1.29 is 4.74 Å². The standard InChI is InChI=1S/C18H15N3OS/c1-11-16(15-4-3-9-23-15)14(10-19)18(20)21-17(11)12-5-7-13(22-2)8-6-12/h3-9H,1-2H3,(H2,20,21). The summed E-state index contributed by atoms with van der Waals surface area (Å²) in [5, 5.41) is 11.5. The second kappa shape index (κ2) is 6.11. The number of pyridine rings is 1. The molecule has 3 rings (SSSR count). The van der Waals surface area contributed by atoms with E-state index in [4.69, 9.17) is 10.5 Å². The number of ether oxygens (including phenoxy) is 1. The van der Waals surface area contributed by atoms with Crippen molar-refractivity contribution in [2.75, 3.05) is 12.8 Å². The van der Waals surface area contributed by atoms with E-state index in [1.54, 1.807) is 18.4 Å². The summed E-state index contributed by atoms with van der Waals surface area (Å²) in [6.45, 7) is 1.97. The molecule has 2 heterocycles. The average molecular weight is 321 g/mol. The third kappa shape index (κ3) is 2.65. The maximum Gasteiger partial charge on any atom is 0.142 e. The monoisotopic (exact) mass is 321 g/mol. The van der Waals surface area contributed by atoms with Gasteiger partial charge in [0.1, 0.15) is 23.2 Å². The highest BCUT2D eigenvalue weighted by molar-refractivity contribution is 7.13. The zero-order valence-corrected chi connectivity index (χ0v) is 13.6. The van der Waals surface area contributed by atoms with E-state index in [0.29, 0.717) is 5.56 Å². The fourth-order valence-electron chi connectivity index (χ4n) is 2.57. The maximum atomic E-state index is 9.47. The Balaban J connectivity index is 2.25. The lowest BCUT2D eigenvalue weighted by atomic mass is 9.97. The molecule has 0 aliphatic carbocycles. The molecule has 23 heavy (non-hydrogen) atoms. The van der Waals surface area contributed by atoms with E-state index < -0.39 is 0 Å². The third-order valence-corrected chi connectivity index (χ3v) is 4.60. The smallest absolute Gasteiger partial charge is 0.142 e. The lowest BCUT2D eigenvalue weighted by Crippen LogP contribution is -2.02. The summed E-state index contributed by atoms with van der Waals surface area (Å²) >= 11 is 1.58. The first-order valence-electron chi connectivity index (χ1n) is 7.04. The molecule has 0 unspecified atom stereocenters. The lowest BCUT2D eigenvalue weighted by Gasteiger charge is -2.14. The average Bonchev–Trinajstić information content (AvgIpc) is 3.10. The third-order valence-electron chi connectivity index (χ3n) is 3.71. The van der Waals surface area contributed by atoms with Gasteiger partial charge in [-0.2, -0.15) is 5.26 Å². The summed E-state index contributed by atoms with van der Waals surface area (Å²) in [6, 6.07) is 13.8. The van der Waals surface area contributed by atoms with E-state index in [-0.39, 0.29) is 5.82 Å². The predicted octanol–water partition coefficient (Wildman–Crippen LogP) is 4.25. The van der Waals surface area contributed by atoms with Crippen molar-refractivity contribution in [2.24, 2.45) is 0 Å². The number of hydrogen-bond donors (Lipinski definition) is 1. The van der Waals surface area contributed by atoms with Crippen LogP contribution in [-0.2, 0) is 0 Å². The number of nitrogens with zero attached hydrogens (tertiary/aromatic N) is 2. The Kier molecular flexibility index (Phi) is 4.00. The molecule has 2 N–H and O–H groups in total. The van der Waals surface area contributed by atoms with Crippen LogP contribution in [0, 0.1) is 18.3 Å². The van der Waals surface area contributed by atoms with Gasteiger partial charge in [0.15, 0.2) is 0 Å². The number of nitriles is 1. The fraction of sp³-hybridized carbons (Fsp3) is 0.111. The van der Waals surface area contributed by atoms with Crippen LogP contribution in [0.15, 0.2) is 41.8 Å². The lowest BCUT2D eigenvalue weighted by molar-refractivity contribution is 0.415. The van der Waals surface area contributed by atoms with Crippen LogP contribution in [0.1, 0.15) is 11.1 Å². The number of nitrogen functional groups attached to an aromatic ring is 1. The second-order valence-corrected chi connectivity index (χ2v) is 5.99. The summed E-state index contributed by atoms with van der Waals surface area (Å²) < 4.78 is 5.19. The number of rotatable bonds is 3. The van der Waals surface area contributed by atoms with Crippen molar-refractivity contribution >= 4 is 17.2 Å². The Hall–Kier alpha value is -2.84. The summed E-state index contributed by atoms with van der Waals surface area (Å²) in [7, 11) is 1.63. The molecule has 0 bridgehead atoms.